The van der Waals surface area contributed by atoms with Crippen LogP contribution >= 0.6 is 0 Å². The standard InChI is InChI=1S/C31H34N8O4/c1-3-17-37-30(41)26-29(39(31(37)42)19-25(40)43-2)32-28(22-9-5-4-6-10-22)38(26)18-20-13-15-21(16-14-20)23-11-7-8-12-24(23)27-33-35-36-34-27/h7-8,11-16,22H,3-6,9-10,17-19H2,1-2H3,(H,33,34,35,36). The first-order chi connectivity index (χ1) is 21.0. The molecule has 1 saturated carbocycles. The second-order valence-corrected chi connectivity index (χ2v) is 11.0. The summed E-state index contributed by atoms with van der Waals surface area (Å²) < 4.78 is 9.36. The smallest absolute Gasteiger partial charge is 0.333 e. The highest BCUT2D eigenvalue weighted by atomic mass is 16.5. The highest BCUT2D eigenvalue weighted by Crippen LogP contribution is 2.34. The molecule has 0 aliphatic heterocycles. The molecule has 3 aromatic heterocycles. The van der Waals surface area contributed by atoms with Crippen molar-refractivity contribution in [2.75, 3.05) is 7.11 Å². The van der Waals surface area contributed by atoms with Gasteiger partial charge in [-0.05, 0) is 46.4 Å². The fraction of sp³-hybridized carbons (Fsp3) is 0.387. The van der Waals surface area contributed by atoms with E-state index >= 15 is 0 Å². The van der Waals surface area contributed by atoms with Crippen molar-refractivity contribution in [1.82, 2.24) is 39.3 Å². The molecule has 0 spiro atoms. The largest absolute Gasteiger partial charge is 0.468 e. The summed E-state index contributed by atoms with van der Waals surface area (Å²) in [7, 11) is 1.28. The monoisotopic (exact) mass is 582 g/mol. The molecule has 0 bridgehead atoms. The average molecular weight is 583 g/mol. The van der Waals surface area contributed by atoms with Gasteiger partial charge in [0.2, 0.25) is 0 Å². The van der Waals surface area contributed by atoms with Gasteiger partial charge in [-0.15, -0.1) is 5.10 Å². The topological polar surface area (TPSA) is 143 Å². The molecule has 43 heavy (non-hydrogen) atoms. The van der Waals surface area contributed by atoms with Crippen LogP contribution in [0.3, 0.4) is 0 Å². The van der Waals surface area contributed by atoms with Crippen molar-refractivity contribution >= 4 is 17.1 Å². The van der Waals surface area contributed by atoms with Crippen LogP contribution in [-0.2, 0) is 29.2 Å². The summed E-state index contributed by atoms with van der Waals surface area (Å²) in [4.78, 5) is 44.6. The molecule has 1 N–H and O–H groups in total. The fourth-order valence-electron chi connectivity index (χ4n) is 6.08. The Hall–Kier alpha value is -4.87. The lowest BCUT2D eigenvalue weighted by Gasteiger charge is -2.22. The molecule has 0 saturated heterocycles. The number of ether oxygens (including phenoxy) is 1. The van der Waals surface area contributed by atoms with Gasteiger partial charge in [0.1, 0.15) is 12.4 Å². The van der Waals surface area contributed by atoms with Crippen LogP contribution in [0.25, 0.3) is 33.7 Å². The number of tetrazole rings is 1. The van der Waals surface area contributed by atoms with E-state index in [0.717, 1.165) is 53.8 Å². The number of hydrogen-bond acceptors (Lipinski definition) is 8. The van der Waals surface area contributed by atoms with Gasteiger partial charge in [0, 0.05) is 24.6 Å². The van der Waals surface area contributed by atoms with Crippen molar-refractivity contribution in [1.29, 1.82) is 0 Å². The third kappa shape index (κ3) is 5.40. The maximum atomic E-state index is 13.9. The fourth-order valence-corrected chi connectivity index (χ4v) is 6.08. The summed E-state index contributed by atoms with van der Waals surface area (Å²) in [6.45, 7) is 2.23. The maximum absolute atomic E-state index is 13.9. The summed E-state index contributed by atoms with van der Waals surface area (Å²) in [6.07, 6.45) is 5.84. The molecule has 6 rings (SSSR count). The van der Waals surface area contributed by atoms with Crippen LogP contribution in [0, 0.1) is 0 Å². The number of rotatable bonds is 9. The highest BCUT2D eigenvalue weighted by molar-refractivity contribution is 5.80. The van der Waals surface area contributed by atoms with Gasteiger partial charge in [0.15, 0.2) is 17.0 Å². The minimum Gasteiger partial charge on any atom is -0.468 e. The SMILES string of the molecule is CCCn1c(=O)c2c(nc(C3CCCCC3)n2Cc2ccc(-c3ccccc3-c3nnn[nH]3)cc2)n(CC(=O)OC)c1=O. The number of carbonyl (C=O) groups is 1. The van der Waals surface area contributed by atoms with Crippen LogP contribution < -0.4 is 11.2 Å². The molecule has 2 aromatic carbocycles. The van der Waals surface area contributed by atoms with E-state index in [1.54, 1.807) is 0 Å². The van der Waals surface area contributed by atoms with Gasteiger partial charge in [-0.1, -0.05) is 74.7 Å². The van der Waals surface area contributed by atoms with E-state index in [1.165, 1.54) is 22.7 Å². The molecule has 0 radical (unpaired) electrons. The van der Waals surface area contributed by atoms with Gasteiger partial charge in [0.05, 0.1) is 7.11 Å². The number of methoxy groups -OCH3 is 1. The highest BCUT2D eigenvalue weighted by Gasteiger charge is 2.28. The van der Waals surface area contributed by atoms with Crippen LogP contribution in [0.15, 0.2) is 58.1 Å². The van der Waals surface area contributed by atoms with Crippen molar-refractivity contribution in [3.63, 3.8) is 0 Å². The first kappa shape index (κ1) is 28.3. The number of fused-ring (bicyclic) bond motifs is 1. The second-order valence-electron chi connectivity index (χ2n) is 11.0. The molecule has 1 fully saturated rings. The van der Waals surface area contributed by atoms with Gasteiger partial charge >= 0.3 is 11.7 Å². The van der Waals surface area contributed by atoms with Crippen LogP contribution in [0.4, 0.5) is 0 Å². The van der Waals surface area contributed by atoms with E-state index in [4.69, 9.17) is 9.72 Å². The van der Waals surface area contributed by atoms with Crippen molar-refractivity contribution in [3.8, 4) is 22.5 Å². The third-order valence-corrected chi connectivity index (χ3v) is 8.21. The van der Waals surface area contributed by atoms with Crippen LogP contribution in [0.1, 0.15) is 62.8 Å². The zero-order chi connectivity index (χ0) is 29.9. The van der Waals surface area contributed by atoms with E-state index in [2.05, 4.69) is 20.6 Å². The predicted octanol–water partition coefficient (Wildman–Crippen LogP) is 3.89. The van der Waals surface area contributed by atoms with Crippen molar-refractivity contribution < 1.29 is 9.53 Å². The Morgan fingerprint density at radius 1 is 0.977 bits per heavy atom. The third-order valence-electron chi connectivity index (χ3n) is 8.21. The van der Waals surface area contributed by atoms with Crippen molar-refractivity contribution in [2.24, 2.45) is 0 Å². The number of carbonyl (C=O) groups excluding carboxylic acids is 1. The minimum atomic E-state index is -0.573. The van der Waals surface area contributed by atoms with E-state index in [1.807, 2.05) is 60.0 Å². The first-order valence-corrected chi connectivity index (χ1v) is 14.7. The summed E-state index contributed by atoms with van der Waals surface area (Å²) in [5.41, 5.74) is 3.49. The molecule has 222 valence electrons. The number of nitrogens with zero attached hydrogens (tertiary/aromatic N) is 7. The number of H-pyrrole nitrogens is 1. The Balaban J connectivity index is 1.47. The van der Waals surface area contributed by atoms with E-state index < -0.39 is 11.7 Å². The molecule has 3 heterocycles. The molecule has 1 aliphatic rings. The predicted molar refractivity (Wildman–Crippen MR) is 161 cm³/mol. The molecule has 12 heteroatoms. The molecule has 12 nitrogen and oxygen atoms in total. The summed E-state index contributed by atoms with van der Waals surface area (Å²) in [5, 5.41) is 14.3. The van der Waals surface area contributed by atoms with E-state index in [9.17, 15) is 14.4 Å². The summed E-state index contributed by atoms with van der Waals surface area (Å²) in [6, 6.07) is 16.1. The number of aromatic nitrogens is 8. The molecule has 5 aromatic rings. The second kappa shape index (κ2) is 12.2. The Bertz CT molecular complexity index is 1860. The van der Waals surface area contributed by atoms with E-state index in [0.29, 0.717) is 24.3 Å². The number of nitrogens with one attached hydrogen (secondary N) is 1. The normalized spacial score (nSPS) is 13.9. The van der Waals surface area contributed by atoms with Gasteiger partial charge in [-0.3, -0.25) is 18.7 Å². The summed E-state index contributed by atoms with van der Waals surface area (Å²) >= 11 is 0. The average Bonchev–Trinajstić information content (AvgIpc) is 3.71. The Kier molecular flexibility index (Phi) is 7.99. The number of imidazole rings is 1. The van der Waals surface area contributed by atoms with Crippen LogP contribution in [0.5, 0.6) is 0 Å². The molecule has 0 amide bonds. The van der Waals surface area contributed by atoms with Crippen molar-refractivity contribution in [3.05, 3.63) is 80.8 Å². The van der Waals surface area contributed by atoms with E-state index in [-0.39, 0.29) is 30.2 Å². The van der Waals surface area contributed by atoms with Crippen LogP contribution in [0.2, 0.25) is 0 Å². The number of esters is 1. The minimum absolute atomic E-state index is 0.156. The Morgan fingerprint density at radius 3 is 2.40 bits per heavy atom. The summed E-state index contributed by atoms with van der Waals surface area (Å²) in [5.74, 6) is 0.953. The van der Waals surface area contributed by atoms with Gasteiger partial charge in [0.25, 0.3) is 5.56 Å². The number of benzene rings is 2. The maximum Gasteiger partial charge on any atom is 0.333 e. The quantitative estimate of drug-likeness (QED) is 0.258. The lowest BCUT2D eigenvalue weighted by Crippen LogP contribution is -2.41. The molecular formula is C31H34N8O4. The van der Waals surface area contributed by atoms with Gasteiger partial charge in [-0.2, -0.15) is 0 Å². The molecule has 0 unspecified atom stereocenters. The molecule has 0 atom stereocenters. The molecule has 1 aliphatic carbocycles. The first-order valence-electron chi connectivity index (χ1n) is 14.7. The van der Waals surface area contributed by atoms with Gasteiger partial charge < -0.3 is 9.30 Å². The molecular weight excluding hydrogens is 548 g/mol. The zero-order valence-electron chi connectivity index (χ0n) is 24.3. The lowest BCUT2D eigenvalue weighted by molar-refractivity contribution is -0.141. The zero-order valence-corrected chi connectivity index (χ0v) is 24.3. The van der Waals surface area contributed by atoms with Gasteiger partial charge in [-0.25, -0.2) is 14.9 Å². The Labute approximate surface area is 247 Å². The Morgan fingerprint density at radius 2 is 1.72 bits per heavy atom. The van der Waals surface area contributed by atoms with Crippen LogP contribution in [-0.4, -0.2) is 52.4 Å². The number of aromatic amines is 1. The number of hydrogen-bond donors (Lipinski definition) is 1. The van der Waals surface area contributed by atoms with Crippen molar-refractivity contribution in [2.45, 2.75) is 71.0 Å². The lowest BCUT2D eigenvalue weighted by atomic mass is 9.88.